The zero-order valence-electron chi connectivity index (χ0n) is 9.44. The van der Waals surface area contributed by atoms with Crippen LogP contribution in [-0.2, 0) is 0 Å². The Morgan fingerprint density at radius 3 is 2.94 bits per heavy atom. The van der Waals surface area contributed by atoms with Crippen LogP contribution >= 0.6 is 0 Å². The Morgan fingerprint density at radius 2 is 2.06 bits per heavy atom. The molecule has 2 N–H and O–H groups in total. The molecule has 4 nitrogen and oxygen atoms in total. The SMILES string of the molecule is CNc1cc(-c2c[nH]c3ccccc23)ncn1. The second-order valence-corrected chi connectivity index (χ2v) is 3.79. The standard InChI is InChI=1S/C13H12N4/c1-14-13-6-12(16-8-17-13)10-7-15-11-5-3-2-4-9(10)11/h2-8,15H,1H3,(H,14,16,17). The van der Waals surface area contributed by atoms with Gasteiger partial charge in [0.05, 0.1) is 5.69 Å². The maximum Gasteiger partial charge on any atom is 0.129 e. The Balaban J connectivity index is 2.20. The quantitative estimate of drug-likeness (QED) is 0.703. The summed E-state index contributed by atoms with van der Waals surface area (Å²) in [6, 6.07) is 10.1. The number of H-pyrrole nitrogens is 1. The number of nitrogens with one attached hydrogen (secondary N) is 2. The van der Waals surface area contributed by atoms with E-state index in [9.17, 15) is 0 Å². The second-order valence-electron chi connectivity index (χ2n) is 3.79. The number of aromatic nitrogens is 3. The average Bonchev–Trinajstić information content (AvgIpc) is 2.82. The molecular weight excluding hydrogens is 212 g/mol. The van der Waals surface area contributed by atoms with Gasteiger partial charge in [-0.1, -0.05) is 18.2 Å². The van der Waals surface area contributed by atoms with E-state index in [-0.39, 0.29) is 0 Å². The minimum absolute atomic E-state index is 0.820. The zero-order chi connectivity index (χ0) is 11.7. The molecule has 0 bridgehead atoms. The molecule has 4 heteroatoms. The highest BCUT2D eigenvalue weighted by Crippen LogP contribution is 2.27. The van der Waals surface area contributed by atoms with Crippen LogP contribution in [0.25, 0.3) is 22.2 Å². The van der Waals surface area contributed by atoms with Crippen molar-refractivity contribution in [2.75, 3.05) is 12.4 Å². The van der Waals surface area contributed by atoms with Gasteiger partial charge in [-0.3, -0.25) is 0 Å². The monoisotopic (exact) mass is 224 g/mol. The third-order valence-corrected chi connectivity index (χ3v) is 2.79. The molecule has 17 heavy (non-hydrogen) atoms. The molecule has 0 unspecified atom stereocenters. The highest BCUT2D eigenvalue weighted by atomic mass is 15.0. The number of anilines is 1. The van der Waals surface area contributed by atoms with Crippen LogP contribution in [0.15, 0.2) is 42.9 Å². The predicted molar refractivity (Wildman–Crippen MR) is 68.9 cm³/mol. The van der Waals surface area contributed by atoms with Crippen molar-refractivity contribution < 1.29 is 0 Å². The molecule has 0 spiro atoms. The number of rotatable bonds is 2. The number of para-hydroxylation sites is 1. The van der Waals surface area contributed by atoms with Crippen molar-refractivity contribution in [2.45, 2.75) is 0 Å². The van der Waals surface area contributed by atoms with Gasteiger partial charge in [-0.2, -0.15) is 0 Å². The van der Waals surface area contributed by atoms with Crippen LogP contribution in [-0.4, -0.2) is 22.0 Å². The fourth-order valence-corrected chi connectivity index (χ4v) is 1.92. The first-order valence-corrected chi connectivity index (χ1v) is 5.45. The Kier molecular flexibility index (Phi) is 2.26. The summed E-state index contributed by atoms with van der Waals surface area (Å²) < 4.78 is 0. The summed E-state index contributed by atoms with van der Waals surface area (Å²) in [4.78, 5) is 11.7. The molecule has 0 fully saturated rings. The van der Waals surface area contributed by atoms with Crippen molar-refractivity contribution in [3.8, 4) is 11.3 Å². The van der Waals surface area contributed by atoms with Crippen molar-refractivity contribution in [1.29, 1.82) is 0 Å². The lowest BCUT2D eigenvalue weighted by Crippen LogP contribution is -1.93. The van der Waals surface area contributed by atoms with E-state index < -0.39 is 0 Å². The highest BCUT2D eigenvalue weighted by Gasteiger charge is 2.07. The summed E-state index contributed by atoms with van der Waals surface area (Å²) in [5.41, 5.74) is 3.13. The van der Waals surface area contributed by atoms with Gasteiger partial charge in [0.25, 0.3) is 0 Å². The van der Waals surface area contributed by atoms with Gasteiger partial charge in [0, 0.05) is 35.8 Å². The molecule has 0 amide bonds. The fourth-order valence-electron chi connectivity index (χ4n) is 1.92. The summed E-state index contributed by atoms with van der Waals surface area (Å²) in [6.45, 7) is 0. The van der Waals surface area contributed by atoms with E-state index in [1.807, 2.05) is 31.4 Å². The van der Waals surface area contributed by atoms with Crippen LogP contribution in [0.1, 0.15) is 0 Å². The van der Waals surface area contributed by atoms with Crippen molar-refractivity contribution in [3.63, 3.8) is 0 Å². The van der Waals surface area contributed by atoms with Gasteiger partial charge in [0.1, 0.15) is 12.1 Å². The molecule has 0 radical (unpaired) electrons. The molecule has 2 aromatic heterocycles. The molecule has 0 saturated carbocycles. The van der Waals surface area contributed by atoms with E-state index in [0.29, 0.717) is 0 Å². The first-order valence-electron chi connectivity index (χ1n) is 5.45. The summed E-state index contributed by atoms with van der Waals surface area (Å²) in [5.74, 6) is 0.820. The number of nitrogens with zero attached hydrogens (tertiary/aromatic N) is 2. The van der Waals surface area contributed by atoms with E-state index >= 15 is 0 Å². The third kappa shape index (κ3) is 1.63. The molecule has 0 saturated heterocycles. The zero-order valence-corrected chi connectivity index (χ0v) is 9.44. The van der Waals surface area contributed by atoms with E-state index in [0.717, 1.165) is 22.6 Å². The lowest BCUT2D eigenvalue weighted by atomic mass is 10.1. The number of hydrogen-bond donors (Lipinski definition) is 2. The van der Waals surface area contributed by atoms with Crippen LogP contribution in [0.2, 0.25) is 0 Å². The van der Waals surface area contributed by atoms with Gasteiger partial charge < -0.3 is 10.3 Å². The van der Waals surface area contributed by atoms with Crippen molar-refractivity contribution >= 4 is 16.7 Å². The van der Waals surface area contributed by atoms with E-state index in [4.69, 9.17) is 0 Å². The smallest absolute Gasteiger partial charge is 0.129 e. The molecule has 0 aliphatic heterocycles. The molecule has 84 valence electrons. The lowest BCUT2D eigenvalue weighted by Gasteiger charge is -2.01. The third-order valence-electron chi connectivity index (χ3n) is 2.79. The lowest BCUT2D eigenvalue weighted by molar-refractivity contribution is 1.16. The normalized spacial score (nSPS) is 10.6. The Labute approximate surface area is 98.7 Å². The van der Waals surface area contributed by atoms with Gasteiger partial charge in [-0.05, 0) is 6.07 Å². The first-order chi connectivity index (χ1) is 8.38. The summed E-state index contributed by atoms with van der Waals surface area (Å²) in [6.07, 6.45) is 3.55. The Hall–Kier alpha value is -2.36. The van der Waals surface area contributed by atoms with Crippen molar-refractivity contribution in [3.05, 3.63) is 42.9 Å². The molecule has 0 aliphatic carbocycles. The van der Waals surface area contributed by atoms with E-state index in [1.54, 1.807) is 6.33 Å². The van der Waals surface area contributed by atoms with Crippen molar-refractivity contribution in [2.24, 2.45) is 0 Å². The van der Waals surface area contributed by atoms with Crippen LogP contribution in [0.3, 0.4) is 0 Å². The summed E-state index contributed by atoms with van der Waals surface area (Å²) >= 11 is 0. The molecule has 3 aromatic rings. The molecule has 2 heterocycles. The topological polar surface area (TPSA) is 53.6 Å². The van der Waals surface area contributed by atoms with Gasteiger partial charge >= 0.3 is 0 Å². The van der Waals surface area contributed by atoms with Gasteiger partial charge in [0.15, 0.2) is 0 Å². The van der Waals surface area contributed by atoms with E-state index in [1.165, 1.54) is 5.39 Å². The predicted octanol–water partition coefficient (Wildman–Crippen LogP) is 2.67. The summed E-state index contributed by atoms with van der Waals surface area (Å²) in [7, 11) is 1.85. The maximum absolute atomic E-state index is 4.31. The minimum atomic E-state index is 0.820. The molecule has 0 aliphatic rings. The Bertz CT molecular complexity index is 657. The molecular formula is C13H12N4. The van der Waals surface area contributed by atoms with Gasteiger partial charge in [-0.25, -0.2) is 9.97 Å². The van der Waals surface area contributed by atoms with Crippen molar-refractivity contribution in [1.82, 2.24) is 15.0 Å². The van der Waals surface area contributed by atoms with Gasteiger partial charge in [0.2, 0.25) is 0 Å². The number of hydrogen-bond acceptors (Lipinski definition) is 3. The maximum atomic E-state index is 4.31. The highest BCUT2D eigenvalue weighted by molar-refractivity contribution is 5.94. The summed E-state index contributed by atoms with van der Waals surface area (Å²) in [5, 5.41) is 4.19. The Morgan fingerprint density at radius 1 is 1.18 bits per heavy atom. The minimum Gasteiger partial charge on any atom is -0.373 e. The molecule has 0 atom stereocenters. The largest absolute Gasteiger partial charge is 0.373 e. The van der Waals surface area contributed by atoms with E-state index in [2.05, 4.69) is 32.4 Å². The van der Waals surface area contributed by atoms with Crippen LogP contribution in [0.5, 0.6) is 0 Å². The number of benzene rings is 1. The second kappa shape index (κ2) is 3.90. The van der Waals surface area contributed by atoms with Crippen LogP contribution < -0.4 is 5.32 Å². The molecule has 1 aromatic carbocycles. The van der Waals surface area contributed by atoms with Crippen LogP contribution in [0, 0.1) is 0 Å². The fraction of sp³-hybridized carbons (Fsp3) is 0.0769. The molecule has 3 rings (SSSR count). The number of aromatic amines is 1. The average molecular weight is 224 g/mol. The van der Waals surface area contributed by atoms with Gasteiger partial charge in [-0.15, -0.1) is 0 Å². The number of fused-ring (bicyclic) bond motifs is 1. The first kappa shape index (κ1) is 9.84. The van der Waals surface area contributed by atoms with Crippen LogP contribution in [0.4, 0.5) is 5.82 Å².